The van der Waals surface area contributed by atoms with Crippen molar-refractivity contribution in [2.75, 3.05) is 32.7 Å². The first-order valence-electron chi connectivity index (χ1n) is 7.86. The monoisotopic (exact) mass is 276 g/mol. The van der Waals surface area contributed by atoms with E-state index in [-0.39, 0.29) is 6.10 Å². The predicted octanol–water partition coefficient (Wildman–Crippen LogP) is 2.53. The lowest BCUT2D eigenvalue weighted by molar-refractivity contribution is 0.141. The lowest BCUT2D eigenvalue weighted by Crippen LogP contribution is -2.35. The van der Waals surface area contributed by atoms with Gasteiger partial charge in [0.05, 0.1) is 6.10 Å². The van der Waals surface area contributed by atoms with Gasteiger partial charge in [-0.2, -0.15) is 0 Å². The summed E-state index contributed by atoms with van der Waals surface area (Å²) in [5, 5.41) is 10.2. The summed E-state index contributed by atoms with van der Waals surface area (Å²) in [5.74, 6) is 0. The summed E-state index contributed by atoms with van der Waals surface area (Å²) in [6, 6.07) is 10.6. The zero-order valence-corrected chi connectivity index (χ0v) is 12.8. The average molecular weight is 276 g/mol. The maximum atomic E-state index is 10.2. The van der Waals surface area contributed by atoms with Gasteiger partial charge in [0.15, 0.2) is 0 Å². The van der Waals surface area contributed by atoms with Crippen molar-refractivity contribution in [3.63, 3.8) is 0 Å². The van der Waals surface area contributed by atoms with Crippen LogP contribution in [-0.2, 0) is 0 Å². The van der Waals surface area contributed by atoms with Crippen LogP contribution in [0.1, 0.15) is 38.4 Å². The fraction of sp³-hybridized carbons (Fsp3) is 0.647. The fourth-order valence-electron chi connectivity index (χ4n) is 2.88. The quantitative estimate of drug-likeness (QED) is 0.895. The molecule has 112 valence electrons. The van der Waals surface area contributed by atoms with Gasteiger partial charge in [-0.3, -0.25) is 4.90 Å². The Morgan fingerprint density at radius 3 is 2.50 bits per heavy atom. The van der Waals surface area contributed by atoms with Gasteiger partial charge in [0.2, 0.25) is 0 Å². The summed E-state index contributed by atoms with van der Waals surface area (Å²) in [4.78, 5) is 5.04. The standard InChI is InChI=1S/C17H28N2O/c1-15(2)19-11-6-10-18(13-14-19)12-9-17(20)16-7-4-3-5-8-16/h3-5,7-8,15,17,20H,6,9-14H2,1-2H3/t17-/m0/s1. The third-order valence-electron chi connectivity index (χ3n) is 4.26. The minimum atomic E-state index is -0.333. The molecule has 0 unspecified atom stereocenters. The second-order valence-corrected chi connectivity index (χ2v) is 6.04. The zero-order valence-electron chi connectivity index (χ0n) is 12.8. The Bertz CT molecular complexity index is 380. The predicted molar refractivity (Wildman–Crippen MR) is 83.8 cm³/mol. The van der Waals surface area contributed by atoms with Crippen molar-refractivity contribution in [2.24, 2.45) is 0 Å². The number of nitrogens with zero attached hydrogens (tertiary/aromatic N) is 2. The Morgan fingerprint density at radius 1 is 1.05 bits per heavy atom. The summed E-state index contributed by atoms with van der Waals surface area (Å²) in [6.07, 6.45) is 1.73. The third kappa shape index (κ3) is 4.58. The molecule has 1 N–H and O–H groups in total. The van der Waals surface area contributed by atoms with E-state index in [2.05, 4.69) is 23.6 Å². The van der Waals surface area contributed by atoms with Crippen LogP contribution in [0.5, 0.6) is 0 Å². The Morgan fingerprint density at radius 2 is 1.80 bits per heavy atom. The van der Waals surface area contributed by atoms with Gasteiger partial charge in [0.1, 0.15) is 0 Å². The van der Waals surface area contributed by atoms with E-state index < -0.39 is 0 Å². The van der Waals surface area contributed by atoms with Crippen LogP contribution in [0.4, 0.5) is 0 Å². The van der Waals surface area contributed by atoms with E-state index in [0.29, 0.717) is 6.04 Å². The molecule has 1 aromatic carbocycles. The van der Waals surface area contributed by atoms with Crippen LogP contribution in [0.3, 0.4) is 0 Å². The van der Waals surface area contributed by atoms with E-state index in [1.807, 2.05) is 30.3 Å². The van der Waals surface area contributed by atoms with Crippen molar-refractivity contribution in [1.29, 1.82) is 0 Å². The molecular weight excluding hydrogens is 248 g/mol. The van der Waals surface area contributed by atoms with E-state index in [0.717, 1.165) is 38.2 Å². The van der Waals surface area contributed by atoms with Crippen molar-refractivity contribution in [3.8, 4) is 0 Å². The van der Waals surface area contributed by atoms with Gasteiger partial charge in [0, 0.05) is 25.7 Å². The highest BCUT2D eigenvalue weighted by atomic mass is 16.3. The topological polar surface area (TPSA) is 26.7 Å². The molecule has 1 heterocycles. The molecule has 1 fully saturated rings. The molecule has 1 aliphatic heterocycles. The molecule has 0 amide bonds. The molecule has 0 bridgehead atoms. The second-order valence-electron chi connectivity index (χ2n) is 6.04. The summed E-state index contributed by atoms with van der Waals surface area (Å²) in [5.41, 5.74) is 1.03. The van der Waals surface area contributed by atoms with Crippen LogP contribution < -0.4 is 0 Å². The van der Waals surface area contributed by atoms with Crippen LogP contribution in [0.15, 0.2) is 30.3 Å². The molecule has 3 nitrogen and oxygen atoms in total. The van der Waals surface area contributed by atoms with Crippen molar-refractivity contribution in [3.05, 3.63) is 35.9 Å². The van der Waals surface area contributed by atoms with E-state index in [1.54, 1.807) is 0 Å². The molecule has 1 aromatic rings. The first-order chi connectivity index (χ1) is 9.66. The molecule has 0 aliphatic carbocycles. The molecule has 2 rings (SSSR count). The molecule has 1 saturated heterocycles. The highest BCUT2D eigenvalue weighted by molar-refractivity contribution is 5.17. The largest absolute Gasteiger partial charge is 0.388 e. The van der Waals surface area contributed by atoms with Crippen molar-refractivity contribution in [1.82, 2.24) is 9.80 Å². The first kappa shape index (κ1) is 15.5. The van der Waals surface area contributed by atoms with Crippen LogP contribution >= 0.6 is 0 Å². The number of hydrogen-bond acceptors (Lipinski definition) is 3. The summed E-state index contributed by atoms with van der Waals surface area (Å²) in [7, 11) is 0. The lowest BCUT2D eigenvalue weighted by Gasteiger charge is -2.25. The molecule has 20 heavy (non-hydrogen) atoms. The van der Waals surface area contributed by atoms with Gasteiger partial charge in [-0.05, 0) is 45.3 Å². The molecule has 0 radical (unpaired) electrons. The van der Waals surface area contributed by atoms with Crippen molar-refractivity contribution < 1.29 is 5.11 Å². The van der Waals surface area contributed by atoms with Crippen LogP contribution in [0.2, 0.25) is 0 Å². The van der Waals surface area contributed by atoms with Gasteiger partial charge in [-0.15, -0.1) is 0 Å². The van der Waals surface area contributed by atoms with Crippen molar-refractivity contribution >= 4 is 0 Å². The number of hydrogen-bond donors (Lipinski definition) is 1. The molecule has 0 spiro atoms. The molecule has 1 aliphatic rings. The van der Waals surface area contributed by atoms with Gasteiger partial charge < -0.3 is 10.0 Å². The Labute approximate surface area is 123 Å². The second kappa shape index (κ2) is 7.77. The fourth-order valence-corrected chi connectivity index (χ4v) is 2.88. The normalized spacial score (nSPS) is 20.0. The lowest BCUT2D eigenvalue weighted by atomic mass is 10.1. The van der Waals surface area contributed by atoms with Gasteiger partial charge in [-0.25, -0.2) is 0 Å². The highest BCUT2D eigenvalue weighted by Gasteiger charge is 2.17. The molecule has 1 atom stereocenters. The Hall–Kier alpha value is -0.900. The van der Waals surface area contributed by atoms with E-state index in [1.165, 1.54) is 13.0 Å². The Kier molecular flexibility index (Phi) is 6.02. The maximum Gasteiger partial charge on any atom is 0.0802 e. The maximum absolute atomic E-state index is 10.2. The number of aliphatic hydroxyl groups excluding tert-OH is 1. The van der Waals surface area contributed by atoms with Gasteiger partial charge in [-0.1, -0.05) is 30.3 Å². The van der Waals surface area contributed by atoms with Crippen LogP contribution in [0.25, 0.3) is 0 Å². The molecule has 0 saturated carbocycles. The third-order valence-corrected chi connectivity index (χ3v) is 4.26. The molecule has 0 aromatic heterocycles. The van der Waals surface area contributed by atoms with E-state index in [4.69, 9.17) is 0 Å². The number of rotatable bonds is 5. The Balaban J connectivity index is 1.77. The molecular formula is C17H28N2O. The number of aliphatic hydroxyl groups is 1. The van der Waals surface area contributed by atoms with Crippen molar-refractivity contribution in [2.45, 2.75) is 38.8 Å². The first-order valence-corrected chi connectivity index (χ1v) is 7.86. The van der Waals surface area contributed by atoms with Gasteiger partial charge in [0.25, 0.3) is 0 Å². The molecule has 3 heteroatoms. The average Bonchev–Trinajstić information content (AvgIpc) is 2.71. The smallest absolute Gasteiger partial charge is 0.0802 e. The SMILES string of the molecule is CC(C)N1CCCN(CC[C@H](O)c2ccccc2)CC1. The van der Waals surface area contributed by atoms with Gasteiger partial charge >= 0.3 is 0 Å². The minimum Gasteiger partial charge on any atom is -0.388 e. The van der Waals surface area contributed by atoms with Crippen LogP contribution in [0, 0.1) is 0 Å². The van der Waals surface area contributed by atoms with Crippen LogP contribution in [-0.4, -0.2) is 53.7 Å². The van der Waals surface area contributed by atoms with E-state index in [9.17, 15) is 5.11 Å². The summed E-state index contributed by atoms with van der Waals surface area (Å²) >= 11 is 0. The van der Waals surface area contributed by atoms with E-state index >= 15 is 0 Å². The highest BCUT2D eigenvalue weighted by Crippen LogP contribution is 2.17. The summed E-state index contributed by atoms with van der Waals surface area (Å²) in [6.45, 7) is 10.2. The summed E-state index contributed by atoms with van der Waals surface area (Å²) < 4.78 is 0. The number of benzene rings is 1. The minimum absolute atomic E-state index is 0.333. The zero-order chi connectivity index (χ0) is 14.4.